The molecule has 0 saturated carbocycles. The van der Waals surface area contributed by atoms with Crippen LogP contribution in [-0.2, 0) is 11.2 Å². The Hall–Kier alpha value is -2.08. The number of hydrogen-bond donors (Lipinski definition) is 3. The number of anilines is 1. The van der Waals surface area contributed by atoms with Crippen LogP contribution in [0.2, 0.25) is 0 Å². The van der Waals surface area contributed by atoms with Gasteiger partial charge in [-0.1, -0.05) is 12.1 Å². The number of benzene rings is 1. The molecule has 1 fully saturated rings. The molecular formula is C13H16N4O2. The molecule has 2 aliphatic rings. The molecule has 2 heterocycles. The Bertz CT molecular complexity index is 543. The molecule has 0 spiro atoms. The molecule has 1 atom stereocenters. The summed E-state index contributed by atoms with van der Waals surface area (Å²) in [6, 6.07) is 5.73. The van der Waals surface area contributed by atoms with Gasteiger partial charge < -0.3 is 21.3 Å². The van der Waals surface area contributed by atoms with E-state index in [1.165, 1.54) is 0 Å². The highest BCUT2D eigenvalue weighted by Crippen LogP contribution is 2.28. The Morgan fingerprint density at radius 2 is 2.21 bits per heavy atom. The molecule has 0 aromatic heterocycles. The standard InChI is InChI=1S/C13H16N4O2/c14-3-4-17-7-11(16-13(17)19)8-1-2-10-9(5-8)6-12(18)15-10/h1-2,5,11H,3-4,6-7,14H2,(H,15,18)(H,16,19). The van der Waals surface area contributed by atoms with E-state index < -0.39 is 0 Å². The third kappa shape index (κ3) is 2.15. The van der Waals surface area contributed by atoms with Crippen LogP contribution in [0.15, 0.2) is 18.2 Å². The minimum Gasteiger partial charge on any atom is -0.329 e. The van der Waals surface area contributed by atoms with Crippen LogP contribution in [0.4, 0.5) is 10.5 Å². The molecule has 4 N–H and O–H groups in total. The summed E-state index contributed by atoms with van der Waals surface area (Å²) in [7, 11) is 0. The molecule has 0 radical (unpaired) electrons. The molecular weight excluding hydrogens is 244 g/mol. The van der Waals surface area contributed by atoms with Gasteiger partial charge in [-0.2, -0.15) is 0 Å². The molecule has 1 aromatic rings. The van der Waals surface area contributed by atoms with Gasteiger partial charge in [0.1, 0.15) is 0 Å². The highest BCUT2D eigenvalue weighted by Gasteiger charge is 2.30. The number of rotatable bonds is 3. The molecule has 6 heteroatoms. The number of urea groups is 1. The molecule has 1 saturated heterocycles. The smallest absolute Gasteiger partial charge is 0.318 e. The van der Waals surface area contributed by atoms with Crippen molar-refractivity contribution in [1.82, 2.24) is 10.2 Å². The number of hydrogen-bond acceptors (Lipinski definition) is 3. The third-order valence-electron chi connectivity index (χ3n) is 3.54. The van der Waals surface area contributed by atoms with Gasteiger partial charge in [-0.15, -0.1) is 0 Å². The SMILES string of the molecule is NCCN1CC(c2ccc3c(c2)CC(=O)N3)NC1=O. The average molecular weight is 260 g/mol. The average Bonchev–Trinajstić information content (AvgIpc) is 2.91. The van der Waals surface area contributed by atoms with E-state index in [0.29, 0.717) is 26.1 Å². The fourth-order valence-corrected chi connectivity index (χ4v) is 2.59. The lowest BCUT2D eigenvalue weighted by Gasteiger charge is -2.13. The predicted octanol–water partition coefficient (Wildman–Crippen LogP) is 0.206. The molecule has 3 amide bonds. The summed E-state index contributed by atoms with van der Waals surface area (Å²) >= 11 is 0. The van der Waals surface area contributed by atoms with Crippen LogP contribution in [0, 0.1) is 0 Å². The topological polar surface area (TPSA) is 87.5 Å². The Balaban J connectivity index is 1.79. The number of fused-ring (bicyclic) bond motifs is 1. The maximum absolute atomic E-state index is 11.7. The zero-order chi connectivity index (χ0) is 13.4. The van der Waals surface area contributed by atoms with Gasteiger partial charge in [0.15, 0.2) is 0 Å². The van der Waals surface area contributed by atoms with Crippen LogP contribution in [0.25, 0.3) is 0 Å². The zero-order valence-corrected chi connectivity index (χ0v) is 10.5. The Morgan fingerprint density at radius 3 is 3.00 bits per heavy atom. The van der Waals surface area contributed by atoms with E-state index in [-0.39, 0.29) is 18.0 Å². The maximum Gasteiger partial charge on any atom is 0.318 e. The Morgan fingerprint density at radius 1 is 1.37 bits per heavy atom. The second-order valence-corrected chi connectivity index (χ2v) is 4.88. The summed E-state index contributed by atoms with van der Waals surface area (Å²) < 4.78 is 0. The van der Waals surface area contributed by atoms with E-state index in [4.69, 9.17) is 5.73 Å². The van der Waals surface area contributed by atoms with E-state index >= 15 is 0 Å². The number of nitrogens with two attached hydrogens (primary N) is 1. The van der Waals surface area contributed by atoms with Crippen molar-refractivity contribution in [3.05, 3.63) is 29.3 Å². The minimum atomic E-state index is -0.0786. The van der Waals surface area contributed by atoms with Gasteiger partial charge in [0.25, 0.3) is 0 Å². The summed E-state index contributed by atoms with van der Waals surface area (Å²) in [6.07, 6.45) is 0.413. The minimum absolute atomic E-state index is 0.0207. The first-order valence-electron chi connectivity index (χ1n) is 6.35. The van der Waals surface area contributed by atoms with Gasteiger partial charge in [-0.3, -0.25) is 4.79 Å². The van der Waals surface area contributed by atoms with E-state index in [9.17, 15) is 9.59 Å². The van der Waals surface area contributed by atoms with Crippen molar-refractivity contribution >= 4 is 17.6 Å². The number of amides is 3. The van der Waals surface area contributed by atoms with Gasteiger partial charge in [-0.25, -0.2) is 4.79 Å². The first kappa shape index (κ1) is 12.0. The Kier molecular flexibility index (Phi) is 2.87. The van der Waals surface area contributed by atoms with Crippen molar-refractivity contribution < 1.29 is 9.59 Å². The molecule has 2 aliphatic heterocycles. The van der Waals surface area contributed by atoms with Crippen LogP contribution < -0.4 is 16.4 Å². The van der Waals surface area contributed by atoms with Crippen molar-refractivity contribution in [2.75, 3.05) is 25.0 Å². The van der Waals surface area contributed by atoms with Gasteiger partial charge in [0.2, 0.25) is 5.91 Å². The predicted molar refractivity (Wildman–Crippen MR) is 70.7 cm³/mol. The fraction of sp³-hybridized carbons (Fsp3) is 0.385. The summed E-state index contributed by atoms with van der Waals surface area (Å²) in [6.45, 7) is 1.65. The van der Waals surface area contributed by atoms with Crippen molar-refractivity contribution in [1.29, 1.82) is 0 Å². The number of nitrogens with one attached hydrogen (secondary N) is 2. The van der Waals surface area contributed by atoms with Gasteiger partial charge in [0, 0.05) is 25.3 Å². The van der Waals surface area contributed by atoms with Crippen molar-refractivity contribution in [3.8, 4) is 0 Å². The second kappa shape index (κ2) is 4.55. The van der Waals surface area contributed by atoms with Crippen LogP contribution in [0.1, 0.15) is 17.2 Å². The number of carbonyl (C=O) groups is 2. The van der Waals surface area contributed by atoms with Crippen molar-refractivity contribution in [2.24, 2.45) is 5.73 Å². The van der Waals surface area contributed by atoms with E-state index in [0.717, 1.165) is 16.8 Å². The van der Waals surface area contributed by atoms with Crippen LogP contribution >= 0.6 is 0 Å². The molecule has 0 aliphatic carbocycles. The zero-order valence-electron chi connectivity index (χ0n) is 10.5. The van der Waals surface area contributed by atoms with Gasteiger partial charge in [-0.05, 0) is 17.2 Å². The van der Waals surface area contributed by atoms with E-state index in [2.05, 4.69) is 10.6 Å². The molecule has 6 nitrogen and oxygen atoms in total. The van der Waals surface area contributed by atoms with Crippen molar-refractivity contribution in [2.45, 2.75) is 12.5 Å². The first-order chi connectivity index (χ1) is 9.17. The van der Waals surface area contributed by atoms with E-state index in [1.54, 1.807) is 4.90 Å². The molecule has 100 valence electrons. The van der Waals surface area contributed by atoms with E-state index in [1.807, 2.05) is 18.2 Å². The molecule has 3 rings (SSSR count). The van der Waals surface area contributed by atoms with Crippen molar-refractivity contribution in [3.63, 3.8) is 0 Å². The number of nitrogens with zero attached hydrogens (tertiary/aromatic N) is 1. The quantitative estimate of drug-likeness (QED) is 0.725. The summed E-state index contributed by atoms with van der Waals surface area (Å²) in [5.41, 5.74) is 8.37. The largest absolute Gasteiger partial charge is 0.329 e. The summed E-state index contributed by atoms with van der Waals surface area (Å²) in [5, 5.41) is 5.73. The number of carbonyl (C=O) groups excluding carboxylic acids is 2. The fourth-order valence-electron chi connectivity index (χ4n) is 2.59. The van der Waals surface area contributed by atoms with Crippen LogP contribution in [0.3, 0.4) is 0 Å². The van der Waals surface area contributed by atoms with Crippen LogP contribution in [0.5, 0.6) is 0 Å². The first-order valence-corrected chi connectivity index (χ1v) is 6.35. The lowest BCUT2D eigenvalue weighted by Crippen LogP contribution is -2.32. The highest BCUT2D eigenvalue weighted by molar-refractivity contribution is 5.99. The Labute approximate surface area is 110 Å². The summed E-state index contributed by atoms with van der Waals surface area (Å²) in [5.74, 6) is 0.0207. The van der Waals surface area contributed by atoms with Crippen LogP contribution in [-0.4, -0.2) is 36.5 Å². The lowest BCUT2D eigenvalue weighted by molar-refractivity contribution is -0.115. The highest BCUT2D eigenvalue weighted by atomic mass is 16.2. The maximum atomic E-state index is 11.7. The second-order valence-electron chi connectivity index (χ2n) is 4.88. The summed E-state index contributed by atoms with van der Waals surface area (Å²) in [4.78, 5) is 24.8. The molecule has 19 heavy (non-hydrogen) atoms. The third-order valence-corrected chi connectivity index (χ3v) is 3.54. The molecule has 1 aromatic carbocycles. The monoisotopic (exact) mass is 260 g/mol. The van der Waals surface area contributed by atoms with Gasteiger partial charge in [0.05, 0.1) is 12.5 Å². The molecule has 0 bridgehead atoms. The normalized spacial score (nSPS) is 21.3. The van der Waals surface area contributed by atoms with Gasteiger partial charge >= 0.3 is 6.03 Å². The molecule has 1 unspecified atom stereocenters. The lowest BCUT2D eigenvalue weighted by atomic mass is 10.0.